The van der Waals surface area contributed by atoms with Crippen molar-refractivity contribution in [3.05, 3.63) is 71.6 Å². The third-order valence-corrected chi connectivity index (χ3v) is 5.54. The number of carbonyl (C=O) groups is 1. The van der Waals surface area contributed by atoms with Crippen molar-refractivity contribution in [3.8, 4) is 17.2 Å². The minimum absolute atomic E-state index is 0.452. The fourth-order valence-electron chi connectivity index (χ4n) is 3.88. The van der Waals surface area contributed by atoms with Gasteiger partial charge in [-0.2, -0.15) is 0 Å². The van der Waals surface area contributed by atoms with Gasteiger partial charge in [0.2, 0.25) is 5.89 Å². The van der Waals surface area contributed by atoms with Crippen molar-refractivity contribution in [3.63, 3.8) is 0 Å². The summed E-state index contributed by atoms with van der Waals surface area (Å²) < 4.78 is 11.8. The number of benzene rings is 2. The Balaban J connectivity index is 1.35. The minimum Gasteiger partial charge on any atom is -0.493 e. The summed E-state index contributed by atoms with van der Waals surface area (Å²) in [6.07, 6.45) is 0.648. The predicted octanol–water partition coefficient (Wildman–Crippen LogP) is 2.10. The molecule has 1 aromatic heterocycles. The number of quaternary nitrogens is 1. The minimum atomic E-state index is -0.763. The lowest BCUT2D eigenvalue weighted by atomic mass is 10.1. The number of aromatic nitrogens is 1. The topological polar surface area (TPSA) is 92.4 Å². The van der Waals surface area contributed by atoms with Gasteiger partial charge in [0.1, 0.15) is 18.1 Å². The zero-order valence-electron chi connectivity index (χ0n) is 17.7. The van der Waals surface area contributed by atoms with E-state index in [2.05, 4.69) is 10.3 Å². The lowest BCUT2D eigenvalue weighted by Crippen LogP contribution is -2.92. The summed E-state index contributed by atoms with van der Waals surface area (Å²) in [6, 6.07) is 17.3. The summed E-state index contributed by atoms with van der Waals surface area (Å²) in [5, 5.41) is 11.5. The molecule has 3 aromatic rings. The Hall–Kier alpha value is -3.16. The molecule has 0 bridgehead atoms. The molecule has 1 atom stereocenters. The summed E-state index contributed by atoms with van der Waals surface area (Å²) in [7, 11) is 0. The van der Waals surface area contributed by atoms with Gasteiger partial charge in [-0.15, -0.1) is 0 Å². The molecule has 162 valence electrons. The van der Waals surface area contributed by atoms with Crippen LogP contribution in [0.1, 0.15) is 17.0 Å². The van der Waals surface area contributed by atoms with Gasteiger partial charge in [-0.3, -0.25) is 9.69 Å². The van der Waals surface area contributed by atoms with Crippen LogP contribution >= 0.6 is 0 Å². The predicted molar refractivity (Wildman–Crippen MR) is 116 cm³/mol. The number of hydrogen-bond acceptors (Lipinski definition) is 5. The van der Waals surface area contributed by atoms with Gasteiger partial charge in [0.15, 0.2) is 6.04 Å². The molecule has 31 heavy (non-hydrogen) atoms. The van der Waals surface area contributed by atoms with Crippen molar-refractivity contribution in [2.45, 2.75) is 25.9 Å². The third kappa shape index (κ3) is 5.31. The number of nitrogens with zero attached hydrogens (tertiary/aromatic N) is 2. The molecule has 7 heteroatoms. The second-order valence-electron chi connectivity index (χ2n) is 7.77. The van der Waals surface area contributed by atoms with Crippen molar-refractivity contribution in [1.29, 1.82) is 0 Å². The van der Waals surface area contributed by atoms with E-state index in [1.165, 1.54) is 0 Å². The molecule has 0 radical (unpaired) electrons. The monoisotopic (exact) mass is 422 g/mol. The highest BCUT2D eigenvalue weighted by Gasteiger charge is 2.30. The van der Waals surface area contributed by atoms with Crippen LogP contribution in [0.3, 0.4) is 0 Å². The maximum atomic E-state index is 11.5. The SMILES string of the molecule is Cc1oc(-c2ccccc2)nc1CCOc1cccc(CN2CC[NH2+]CC2C(=O)O)c1. The van der Waals surface area contributed by atoms with E-state index in [0.717, 1.165) is 41.4 Å². The molecule has 4 rings (SSSR count). The van der Waals surface area contributed by atoms with Gasteiger partial charge in [-0.1, -0.05) is 30.3 Å². The summed E-state index contributed by atoms with van der Waals surface area (Å²) in [4.78, 5) is 18.2. The van der Waals surface area contributed by atoms with Crippen molar-refractivity contribution in [1.82, 2.24) is 9.88 Å². The molecule has 0 saturated carbocycles. The number of aryl methyl sites for hydroxylation is 1. The largest absolute Gasteiger partial charge is 0.493 e. The van der Waals surface area contributed by atoms with Crippen molar-refractivity contribution in [2.75, 3.05) is 26.2 Å². The highest BCUT2D eigenvalue weighted by atomic mass is 16.5. The number of piperazine rings is 1. The Morgan fingerprint density at radius 1 is 1.26 bits per heavy atom. The Labute approximate surface area is 181 Å². The number of ether oxygens (including phenoxy) is 1. The molecule has 2 heterocycles. The highest BCUT2D eigenvalue weighted by Crippen LogP contribution is 2.22. The summed E-state index contributed by atoms with van der Waals surface area (Å²) in [5.74, 6) is 1.44. The number of aliphatic carboxylic acids is 1. The van der Waals surface area contributed by atoms with E-state index in [4.69, 9.17) is 9.15 Å². The van der Waals surface area contributed by atoms with Crippen LogP contribution in [0.15, 0.2) is 59.0 Å². The van der Waals surface area contributed by atoms with Crippen molar-refractivity contribution >= 4 is 5.97 Å². The molecule has 0 amide bonds. The number of carboxylic acid groups (broad SMARTS) is 1. The number of carboxylic acids is 1. The van der Waals surface area contributed by atoms with Crippen molar-refractivity contribution in [2.24, 2.45) is 0 Å². The van der Waals surface area contributed by atoms with E-state index in [-0.39, 0.29) is 0 Å². The van der Waals surface area contributed by atoms with Gasteiger partial charge >= 0.3 is 5.97 Å². The van der Waals surface area contributed by atoms with Crippen LogP contribution in [0.25, 0.3) is 11.5 Å². The highest BCUT2D eigenvalue weighted by molar-refractivity contribution is 5.73. The van der Waals surface area contributed by atoms with Crippen LogP contribution in [-0.4, -0.2) is 53.2 Å². The second-order valence-corrected chi connectivity index (χ2v) is 7.77. The molecule has 0 aliphatic carbocycles. The summed E-state index contributed by atoms with van der Waals surface area (Å²) in [5.41, 5.74) is 2.90. The van der Waals surface area contributed by atoms with Gasteiger partial charge in [-0.05, 0) is 36.8 Å². The fraction of sp³-hybridized carbons (Fsp3) is 0.333. The van der Waals surface area contributed by atoms with Crippen molar-refractivity contribution < 1.29 is 24.4 Å². The molecule has 1 saturated heterocycles. The standard InChI is InChI=1S/C24H27N3O4/c1-17-21(26-23(31-17)19-7-3-2-4-8-19)10-13-30-20-9-5-6-18(14-20)16-27-12-11-25-15-22(27)24(28)29/h2-9,14,22,25H,10-13,15-16H2,1H3,(H,28,29)/p+1. The number of nitrogens with two attached hydrogens (primary N) is 1. The Bertz CT molecular complexity index is 1020. The van der Waals surface area contributed by atoms with Gasteiger partial charge < -0.3 is 19.6 Å². The zero-order chi connectivity index (χ0) is 21.6. The van der Waals surface area contributed by atoms with Crippen LogP contribution in [0.2, 0.25) is 0 Å². The normalized spacial score (nSPS) is 16.9. The molecule has 1 aliphatic rings. The Kier molecular flexibility index (Phi) is 6.64. The van der Waals surface area contributed by atoms with E-state index in [1.54, 1.807) is 0 Å². The third-order valence-electron chi connectivity index (χ3n) is 5.54. The van der Waals surface area contributed by atoms with Crippen LogP contribution in [-0.2, 0) is 17.8 Å². The molecule has 0 spiro atoms. The maximum Gasteiger partial charge on any atom is 0.326 e. The summed E-state index contributed by atoms with van der Waals surface area (Å²) >= 11 is 0. The summed E-state index contributed by atoms with van der Waals surface area (Å²) in [6.45, 7) is 5.28. The average Bonchev–Trinajstić information content (AvgIpc) is 3.15. The smallest absolute Gasteiger partial charge is 0.326 e. The molecule has 3 N–H and O–H groups in total. The van der Waals surface area contributed by atoms with E-state index in [9.17, 15) is 9.90 Å². The first-order valence-electron chi connectivity index (χ1n) is 10.6. The molecule has 2 aromatic carbocycles. The van der Waals surface area contributed by atoms with E-state index in [1.807, 2.05) is 66.4 Å². The molecular formula is C24H28N3O4+. The number of oxazole rings is 1. The lowest BCUT2D eigenvalue weighted by Gasteiger charge is -2.31. The number of hydrogen-bond donors (Lipinski definition) is 2. The molecule has 1 unspecified atom stereocenters. The van der Waals surface area contributed by atoms with Gasteiger partial charge in [0.25, 0.3) is 0 Å². The first-order chi connectivity index (χ1) is 15.1. The first kappa shape index (κ1) is 21.1. The number of rotatable bonds is 8. The molecule has 1 aliphatic heterocycles. The Morgan fingerprint density at radius 2 is 2.10 bits per heavy atom. The van der Waals surface area contributed by atoms with Crippen LogP contribution in [0, 0.1) is 6.92 Å². The lowest BCUT2D eigenvalue weighted by molar-refractivity contribution is -0.667. The van der Waals surface area contributed by atoms with E-state index < -0.39 is 12.0 Å². The molecule has 1 fully saturated rings. The van der Waals surface area contributed by atoms with E-state index >= 15 is 0 Å². The van der Waals surface area contributed by atoms with Crippen LogP contribution < -0.4 is 10.1 Å². The van der Waals surface area contributed by atoms with Crippen LogP contribution in [0.4, 0.5) is 0 Å². The Morgan fingerprint density at radius 3 is 2.90 bits per heavy atom. The van der Waals surface area contributed by atoms with Crippen LogP contribution in [0.5, 0.6) is 5.75 Å². The van der Waals surface area contributed by atoms with Gasteiger partial charge in [-0.25, -0.2) is 4.98 Å². The molecular weight excluding hydrogens is 394 g/mol. The molecule has 7 nitrogen and oxygen atoms in total. The maximum absolute atomic E-state index is 11.5. The zero-order valence-corrected chi connectivity index (χ0v) is 17.7. The quantitative estimate of drug-likeness (QED) is 0.578. The average molecular weight is 423 g/mol. The van der Waals surface area contributed by atoms with Gasteiger partial charge in [0, 0.05) is 25.1 Å². The van der Waals surface area contributed by atoms with E-state index in [0.29, 0.717) is 32.0 Å². The fourth-order valence-corrected chi connectivity index (χ4v) is 3.88. The van der Waals surface area contributed by atoms with Gasteiger partial charge in [0.05, 0.1) is 18.8 Å². The first-order valence-corrected chi connectivity index (χ1v) is 10.6. The second kappa shape index (κ2) is 9.76.